The van der Waals surface area contributed by atoms with Gasteiger partial charge in [0.05, 0.1) is 31.5 Å². The number of nitrogens with two attached hydrogens (primary N) is 2. The maximum atomic E-state index is 12.6. The number of aryl methyl sites for hydroxylation is 1. The average Bonchev–Trinajstić information content (AvgIpc) is 2.86. The predicted octanol–water partition coefficient (Wildman–Crippen LogP) is 2.98. The minimum Gasteiger partial charge on any atom is -0.493 e. The second kappa shape index (κ2) is 11.4. The Bertz CT molecular complexity index is 1660. The van der Waals surface area contributed by atoms with E-state index in [0.717, 1.165) is 5.56 Å². The van der Waals surface area contributed by atoms with Crippen LogP contribution in [0.25, 0.3) is 10.9 Å². The zero-order chi connectivity index (χ0) is 26.7. The largest absolute Gasteiger partial charge is 0.511 e. The highest BCUT2D eigenvalue weighted by Crippen LogP contribution is 2.33. The first kappa shape index (κ1) is 27.6. The molecule has 0 aliphatic rings. The molecule has 2 aromatic heterocycles. The summed E-state index contributed by atoms with van der Waals surface area (Å²) in [7, 11) is 4.74. The number of anilines is 2. The molecule has 2 aromatic carbocycles. The lowest BCUT2D eigenvalue weighted by Crippen LogP contribution is -2.15. The molecule has 4 aromatic rings. The summed E-state index contributed by atoms with van der Waals surface area (Å²) in [6.45, 7) is 0. The molecular weight excluding hydrogens is 514 g/mol. The van der Waals surface area contributed by atoms with Crippen molar-refractivity contribution in [2.24, 2.45) is 7.05 Å². The van der Waals surface area contributed by atoms with Gasteiger partial charge in [-0.2, -0.15) is 4.98 Å². The lowest BCUT2D eigenvalue weighted by atomic mass is 10.0. The van der Waals surface area contributed by atoms with Gasteiger partial charge in [-0.05, 0) is 35.9 Å². The monoisotopic (exact) mass is 537 g/mol. The Morgan fingerprint density at radius 1 is 1.11 bits per heavy atom. The molecular formula is C26H24ClN5O6. The van der Waals surface area contributed by atoms with E-state index < -0.39 is 11.6 Å². The van der Waals surface area contributed by atoms with Crippen molar-refractivity contribution in [3.05, 3.63) is 75.2 Å². The number of hydrogen-bond donors (Lipinski definition) is 3. The van der Waals surface area contributed by atoms with Crippen molar-refractivity contribution in [2.45, 2.75) is 6.42 Å². The topological polar surface area (TPSA) is 165 Å². The van der Waals surface area contributed by atoms with Crippen LogP contribution in [0, 0.1) is 11.8 Å². The van der Waals surface area contributed by atoms with Gasteiger partial charge >= 0.3 is 6.16 Å². The highest BCUT2D eigenvalue weighted by atomic mass is 35.5. The Balaban J connectivity index is 0.00000400. The minimum absolute atomic E-state index is 0. The number of rotatable bonds is 5. The quantitative estimate of drug-likeness (QED) is 0.254. The molecule has 2 heterocycles. The molecule has 0 amide bonds. The number of pyridine rings is 1. The number of benzene rings is 2. The molecule has 0 saturated carbocycles. The van der Waals surface area contributed by atoms with Gasteiger partial charge in [-0.15, -0.1) is 12.4 Å². The van der Waals surface area contributed by atoms with E-state index in [1.165, 1.54) is 20.4 Å². The third-order valence-electron chi connectivity index (χ3n) is 5.55. The highest BCUT2D eigenvalue weighted by Gasteiger charge is 2.14. The summed E-state index contributed by atoms with van der Waals surface area (Å²) in [6, 6.07) is 8.66. The molecule has 5 N–H and O–H groups in total. The van der Waals surface area contributed by atoms with E-state index in [9.17, 15) is 9.59 Å². The van der Waals surface area contributed by atoms with E-state index in [1.54, 1.807) is 36.0 Å². The summed E-state index contributed by atoms with van der Waals surface area (Å²) in [6.07, 6.45) is 1.75. The lowest BCUT2D eigenvalue weighted by Gasteiger charge is -2.13. The number of halogens is 1. The second-order valence-corrected chi connectivity index (χ2v) is 7.98. The van der Waals surface area contributed by atoms with E-state index in [2.05, 4.69) is 26.5 Å². The van der Waals surface area contributed by atoms with Crippen LogP contribution in [0.4, 0.5) is 16.6 Å². The van der Waals surface area contributed by atoms with Crippen LogP contribution in [0.3, 0.4) is 0 Å². The Hall–Kier alpha value is -4.95. The van der Waals surface area contributed by atoms with Gasteiger partial charge in [0, 0.05) is 36.2 Å². The third kappa shape index (κ3) is 5.71. The molecule has 0 saturated heterocycles. The van der Waals surface area contributed by atoms with Gasteiger partial charge in [0.15, 0.2) is 17.2 Å². The lowest BCUT2D eigenvalue weighted by molar-refractivity contribution is 0.144. The van der Waals surface area contributed by atoms with Crippen LogP contribution in [-0.2, 0) is 13.5 Å². The third-order valence-corrected chi connectivity index (χ3v) is 5.55. The molecule has 0 atom stereocenters. The van der Waals surface area contributed by atoms with E-state index in [-0.39, 0.29) is 29.9 Å². The fourth-order valence-corrected chi connectivity index (χ4v) is 3.84. The molecule has 38 heavy (non-hydrogen) atoms. The van der Waals surface area contributed by atoms with Crippen molar-refractivity contribution in [1.29, 1.82) is 0 Å². The van der Waals surface area contributed by atoms with Crippen molar-refractivity contribution in [3.8, 4) is 29.1 Å². The summed E-state index contributed by atoms with van der Waals surface area (Å²) >= 11 is 0. The van der Waals surface area contributed by atoms with E-state index in [1.807, 2.05) is 12.1 Å². The second-order valence-electron chi connectivity index (χ2n) is 7.98. The van der Waals surface area contributed by atoms with Crippen LogP contribution >= 0.6 is 12.4 Å². The van der Waals surface area contributed by atoms with Crippen molar-refractivity contribution in [2.75, 3.05) is 25.7 Å². The molecule has 0 aliphatic carbocycles. The average molecular weight is 538 g/mol. The first-order chi connectivity index (χ1) is 17.7. The molecule has 12 heteroatoms. The first-order valence-electron chi connectivity index (χ1n) is 10.9. The number of nitrogens with zero attached hydrogens (tertiary/aromatic N) is 3. The molecule has 0 aliphatic heterocycles. The van der Waals surface area contributed by atoms with E-state index in [4.69, 9.17) is 26.0 Å². The molecule has 0 bridgehead atoms. The number of carbonyl (C=O) groups is 1. The number of ether oxygens (including phenoxy) is 3. The van der Waals surface area contributed by atoms with E-state index >= 15 is 0 Å². The van der Waals surface area contributed by atoms with Crippen LogP contribution in [0.5, 0.6) is 17.2 Å². The molecule has 11 nitrogen and oxygen atoms in total. The summed E-state index contributed by atoms with van der Waals surface area (Å²) in [5.74, 6) is 7.26. The normalized spacial score (nSPS) is 10.2. The number of aromatic nitrogens is 3. The van der Waals surface area contributed by atoms with Crippen LogP contribution in [0.1, 0.15) is 22.3 Å². The first-order valence-corrected chi connectivity index (χ1v) is 10.9. The molecule has 0 radical (unpaired) electrons. The van der Waals surface area contributed by atoms with Gasteiger partial charge in [0.1, 0.15) is 5.82 Å². The maximum Gasteiger partial charge on any atom is 0.511 e. The van der Waals surface area contributed by atoms with E-state index in [0.29, 0.717) is 45.5 Å². The fourth-order valence-electron chi connectivity index (χ4n) is 3.84. The molecule has 4 rings (SSSR count). The summed E-state index contributed by atoms with van der Waals surface area (Å²) in [5.41, 5.74) is 14.4. The van der Waals surface area contributed by atoms with Gasteiger partial charge in [-0.25, -0.2) is 9.78 Å². The standard InChI is InChI=1S/C26H23N5O6.ClH/c1-31-13-21(37-26(33)34)22(32)18-7-5-14(10-19(18)31)4-6-16-8-15(11-20(35-2)23(16)36-3)9-17-12-29-25(28)30-24(17)27;/h5,7-8,10-13H,9H2,1-3H3,(H,33,34)(H4,27,28,29,30);1H. The van der Waals surface area contributed by atoms with Crippen molar-refractivity contribution >= 4 is 41.2 Å². The Kier molecular flexibility index (Phi) is 8.29. The number of nitrogen functional groups attached to an aromatic ring is 2. The summed E-state index contributed by atoms with van der Waals surface area (Å²) in [4.78, 5) is 31.5. The Morgan fingerprint density at radius 3 is 2.53 bits per heavy atom. The predicted molar refractivity (Wildman–Crippen MR) is 144 cm³/mol. The summed E-state index contributed by atoms with van der Waals surface area (Å²) < 4.78 is 17.3. The van der Waals surface area contributed by atoms with Gasteiger partial charge < -0.3 is 35.4 Å². The maximum absolute atomic E-state index is 12.6. The van der Waals surface area contributed by atoms with Gasteiger partial charge in [-0.3, -0.25) is 4.79 Å². The highest BCUT2D eigenvalue weighted by molar-refractivity contribution is 5.85. The number of carboxylic acid groups (broad SMARTS) is 1. The van der Waals surface area contributed by atoms with Crippen LogP contribution in [0.2, 0.25) is 0 Å². The summed E-state index contributed by atoms with van der Waals surface area (Å²) in [5, 5.41) is 9.16. The number of hydrogen-bond acceptors (Lipinski definition) is 9. The molecule has 0 spiro atoms. The zero-order valence-electron chi connectivity index (χ0n) is 20.6. The van der Waals surface area contributed by atoms with Gasteiger partial charge in [-0.1, -0.05) is 11.8 Å². The SMILES string of the molecule is COc1cc(Cc2cnc(N)nc2N)cc(C#Cc2ccc3c(=O)c(OC(=O)O)cn(C)c3c2)c1OC.Cl. The molecule has 196 valence electrons. The fraction of sp³-hybridized carbons (Fsp3) is 0.154. The zero-order valence-corrected chi connectivity index (χ0v) is 21.5. The Labute approximate surface area is 223 Å². The van der Waals surface area contributed by atoms with Crippen molar-refractivity contribution in [3.63, 3.8) is 0 Å². The van der Waals surface area contributed by atoms with Crippen LogP contribution < -0.4 is 31.1 Å². The number of methoxy groups -OCH3 is 2. The number of fused-ring (bicyclic) bond motifs is 1. The minimum atomic E-state index is -1.56. The molecule has 0 unspecified atom stereocenters. The van der Waals surface area contributed by atoms with Crippen molar-refractivity contribution < 1.29 is 24.1 Å². The van der Waals surface area contributed by atoms with Crippen LogP contribution in [-0.4, -0.2) is 40.0 Å². The van der Waals surface area contributed by atoms with Gasteiger partial charge in [0.2, 0.25) is 11.4 Å². The van der Waals surface area contributed by atoms with Gasteiger partial charge in [0.25, 0.3) is 0 Å². The Morgan fingerprint density at radius 2 is 1.87 bits per heavy atom. The van der Waals surface area contributed by atoms with Crippen molar-refractivity contribution in [1.82, 2.24) is 14.5 Å². The molecule has 0 fully saturated rings. The van der Waals surface area contributed by atoms with Crippen LogP contribution in [0.15, 0.2) is 47.5 Å². The smallest absolute Gasteiger partial charge is 0.493 e.